The molecule has 28 heavy (non-hydrogen) atoms. The molecule has 1 saturated carbocycles. The van der Waals surface area contributed by atoms with Crippen LogP contribution < -0.4 is 15.5 Å². The second kappa shape index (κ2) is 8.14. The van der Waals surface area contributed by atoms with Crippen LogP contribution in [0.1, 0.15) is 35.4 Å². The van der Waals surface area contributed by atoms with Gasteiger partial charge in [0.25, 0.3) is 5.91 Å². The predicted octanol–water partition coefficient (Wildman–Crippen LogP) is 3.91. The van der Waals surface area contributed by atoms with Crippen molar-refractivity contribution < 1.29 is 4.79 Å². The molecule has 0 atom stereocenters. The number of fused-ring (bicyclic) bond motifs is 1. The van der Waals surface area contributed by atoms with E-state index < -0.39 is 0 Å². The summed E-state index contributed by atoms with van der Waals surface area (Å²) < 4.78 is 0. The number of carbonyl (C=O) groups excluding carboxylic acids is 1. The maximum absolute atomic E-state index is 12.2. The Morgan fingerprint density at radius 1 is 1.04 bits per heavy atom. The topological polar surface area (TPSA) is 70.2 Å². The number of aromatic nitrogens is 2. The number of anilines is 2. The van der Waals surface area contributed by atoms with Crippen molar-refractivity contribution in [1.29, 1.82) is 0 Å². The average molecular weight is 396 g/mol. The Bertz CT molecular complexity index is 949. The van der Waals surface area contributed by atoms with Gasteiger partial charge in [-0.3, -0.25) is 4.79 Å². The molecule has 4 rings (SSSR count). The normalized spacial score (nSPS) is 19.4. The molecule has 0 aliphatic heterocycles. The molecular weight excluding hydrogens is 370 g/mol. The number of para-hydroxylation sites is 1. The minimum Gasteiger partial charge on any atom is -0.362 e. The van der Waals surface area contributed by atoms with Crippen LogP contribution in [0.5, 0.6) is 0 Å². The highest BCUT2D eigenvalue weighted by atomic mass is 32.1. The lowest BCUT2D eigenvalue weighted by molar-refractivity contribution is 0.0930. The fraction of sp³-hybridized carbons (Fsp3) is 0.381. The molecule has 1 aromatic carbocycles. The molecule has 0 unspecified atom stereocenters. The number of amides is 1. The lowest BCUT2D eigenvalue weighted by Crippen LogP contribution is -2.40. The van der Waals surface area contributed by atoms with Crippen LogP contribution in [0.4, 0.5) is 11.8 Å². The Kier molecular flexibility index (Phi) is 5.43. The Labute approximate surface area is 169 Å². The van der Waals surface area contributed by atoms with E-state index >= 15 is 0 Å². The summed E-state index contributed by atoms with van der Waals surface area (Å²) in [5.74, 6) is 1.64. The maximum Gasteiger partial charge on any atom is 0.261 e. The molecular formula is C21H25N5OS. The fourth-order valence-electron chi connectivity index (χ4n) is 3.69. The first kappa shape index (κ1) is 18.7. The third-order valence-corrected chi connectivity index (χ3v) is 6.02. The molecule has 6 nitrogen and oxygen atoms in total. The first-order valence-electron chi connectivity index (χ1n) is 9.65. The van der Waals surface area contributed by atoms with Crippen LogP contribution in [0.25, 0.3) is 10.9 Å². The third kappa shape index (κ3) is 4.09. The number of hydrogen-bond donors (Lipinski definition) is 2. The fourth-order valence-corrected chi connectivity index (χ4v) is 4.32. The first-order chi connectivity index (χ1) is 13.6. The molecule has 2 N–H and O–H groups in total. The molecule has 2 aromatic heterocycles. The van der Waals surface area contributed by atoms with Gasteiger partial charge in [0.15, 0.2) is 0 Å². The van der Waals surface area contributed by atoms with Crippen molar-refractivity contribution in [3.8, 4) is 0 Å². The predicted molar refractivity (Wildman–Crippen MR) is 115 cm³/mol. The molecule has 2 heterocycles. The zero-order valence-corrected chi connectivity index (χ0v) is 17.0. The van der Waals surface area contributed by atoms with Crippen LogP contribution >= 0.6 is 11.3 Å². The summed E-state index contributed by atoms with van der Waals surface area (Å²) in [4.78, 5) is 24.5. The maximum atomic E-state index is 12.2. The number of thiophene rings is 1. The van der Waals surface area contributed by atoms with Crippen molar-refractivity contribution in [3.05, 3.63) is 46.7 Å². The van der Waals surface area contributed by atoms with Crippen molar-refractivity contribution >= 4 is 39.9 Å². The molecule has 0 saturated heterocycles. The highest BCUT2D eigenvalue weighted by molar-refractivity contribution is 7.12. The van der Waals surface area contributed by atoms with E-state index in [0.717, 1.165) is 47.3 Å². The standard InChI is InChI=1S/C21H25N5OS/c1-26(2)19-16-6-3-4-7-17(16)24-21(25-19)23-15-11-9-14(10-12-15)22-20(27)18-8-5-13-28-18/h3-8,13-15H,9-12H2,1-2H3,(H,22,27)(H,23,24,25)/t14-,15+. The molecule has 1 amide bonds. The monoisotopic (exact) mass is 395 g/mol. The molecule has 0 bridgehead atoms. The second-order valence-corrected chi connectivity index (χ2v) is 8.37. The van der Waals surface area contributed by atoms with Crippen molar-refractivity contribution in [1.82, 2.24) is 15.3 Å². The van der Waals surface area contributed by atoms with Crippen molar-refractivity contribution in [2.45, 2.75) is 37.8 Å². The van der Waals surface area contributed by atoms with E-state index in [9.17, 15) is 4.79 Å². The van der Waals surface area contributed by atoms with Gasteiger partial charge in [-0.25, -0.2) is 4.98 Å². The summed E-state index contributed by atoms with van der Waals surface area (Å²) in [7, 11) is 4.00. The number of nitrogens with zero attached hydrogens (tertiary/aromatic N) is 3. The van der Waals surface area contributed by atoms with Gasteiger partial charge >= 0.3 is 0 Å². The Hall–Kier alpha value is -2.67. The molecule has 1 aliphatic rings. The Morgan fingerprint density at radius 3 is 2.50 bits per heavy atom. The van der Waals surface area contributed by atoms with E-state index in [1.165, 1.54) is 11.3 Å². The average Bonchev–Trinajstić information content (AvgIpc) is 3.24. The van der Waals surface area contributed by atoms with Gasteiger partial charge in [0.05, 0.1) is 10.4 Å². The Morgan fingerprint density at radius 2 is 1.79 bits per heavy atom. The van der Waals surface area contributed by atoms with Crippen molar-refractivity contribution in [2.24, 2.45) is 0 Å². The lowest BCUT2D eigenvalue weighted by Gasteiger charge is -2.29. The van der Waals surface area contributed by atoms with Crippen LogP contribution in [-0.4, -0.2) is 42.1 Å². The third-order valence-electron chi connectivity index (χ3n) is 5.15. The quantitative estimate of drug-likeness (QED) is 0.685. The highest BCUT2D eigenvalue weighted by Gasteiger charge is 2.24. The van der Waals surface area contributed by atoms with E-state index in [4.69, 9.17) is 9.97 Å². The van der Waals surface area contributed by atoms with E-state index in [0.29, 0.717) is 12.0 Å². The van der Waals surface area contributed by atoms with Crippen LogP contribution in [0.15, 0.2) is 41.8 Å². The van der Waals surface area contributed by atoms with Gasteiger partial charge in [-0.1, -0.05) is 18.2 Å². The van der Waals surface area contributed by atoms with Crippen LogP contribution in [0.2, 0.25) is 0 Å². The summed E-state index contributed by atoms with van der Waals surface area (Å²) in [6, 6.07) is 12.4. The van der Waals surface area contributed by atoms with Gasteiger partial charge in [0.1, 0.15) is 5.82 Å². The molecule has 1 aliphatic carbocycles. The van der Waals surface area contributed by atoms with Crippen molar-refractivity contribution in [3.63, 3.8) is 0 Å². The van der Waals surface area contributed by atoms with Gasteiger partial charge in [-0.15, -0.1) is 11.3 Å². The molecule has 1 fully saturated rings. The summed E-state index contributed by atoms with van der Waals surface area (Å²) in [6.07, 6.45) is 3.90. The van der Waals surface area contributed by atoms with Gasteiger partial charge in [0.2, 0.25) is 5.95 Å². The largest absolute Gasteiger partial charge is 0.362 e. The minimum absolute atomic E-state index is 0.0416. The molecule has 7 heteroatoms. The zero-order valence-electron chi connectivity index (χ0n) is 16.2. The van der Waals surface area contributed by atoms with E-state index in [2.05, 4.69) is 16.7 Å². The number of rotatable bonds is 5. The van der Waals surface area contributed by atoms with Gasteiger partial charge in [-0.05, 0) is 49.3 Å². The smallest absolute Gasteiger partial charge is 0.261 e. The zero-order chi connectivity index (χ0) is 19.5. The second-order valence-electron chi connectivity index (χ2n) is 7.43. The molecule has 0 radical (unpaired) electrons. The summed E-state index contributed by atoms with van der Waals surface area (Å²) in [5, 5.41) is 9.66. The van der Waals surface area contributed by atoms with E-state index in [-0.39, 0.29) is 11.9 Å². The summed E-state index contributed by atoms with van der Waals surface area (Å²) in [6.45, 7) is 0. The summed E-state index contributed by atoms with van der Waals surface area (Å²) >= 11 is 1.48. The van der Waals surface area contributed by atoms with Crippen LogP contribution in [0.3, 0.4) is 0 Å². The van der Waals surface area contributed by atoms with Gasteiger partial charge < -0.3 is 15.5 Å². The lowest BCUT2D eigenvalue weighted by atomic mass is 9.91. The Balaban J connectivity index is 1.39. The number of nitrogens with one attached hydrogen (secondary N) is 2. The number of carbonyl (C=O) groups is 1. The molecule has 0 spiro atoms. The SMILES string of the molecule is CN(C)c1nc(N[C@H]2CC[C@@H](NC(=O)c3cccs3)CC2)nc2ccccc12. The first-order valence-corrected chi connectivity index (χ1v) is 10.5. The van der Waals surface area contributed by atoms with Gasteiger partial charge in [-0.2, -0.15) is 4.98 Å². The molecule has 146 valence electrons. The van der Waals surface area contributed by atoms with E-state index in [1.54, 1.807) is 0 Å². The van der Waals surface area contributed by atoms with Crippen LogP contribution in [-0.2, 0) is 0 Å². The van der Waals surface area contributed by atoms with E-state index in [1.807, 2.05) is 54.7 Å². The van der Waals surface area contributed by atoms with Crippen molar-refractivity contribution in [2.75, 3.05) is 24.3 Å². The van der Waals surface area contributed by atoms with Gasteiger partial charge in [0, 0.05) is 31.6 Å². The van der Waals surface area contributed by atoms with Crippen LogP contribution in [0, 0.1) is 0 Å². The highest BCUT2D eigenvalue weighted by Crippen LogP contribution is 2.26. The number of hydrogen-bond acceptors (Lipinski definition) is 6. The minimum atomic E-state index is 0.0416. The summed E-state index contributed by atoms with van der Waals surface area (Å²) in [5.41, 5.74) is 0.945. The molecule has 3 aromatic rings. The number of benzene rings is 1.